The molecule has 1 heterocycles. The van der Waals surface area contributed by atoms with Gasteiger partial charge in [-0.15, -0.1) is 0 Å². The van der Waals surface area contributed by atoms with Gasteiger partial charge >= 0.3 is 5.97 Å². The molecule has 0 bridgehead atoms. The van der Waals surface area contributed by atoms with Gasteiger partial charge in [0.2, 0.25) is 5.91 Å². The summed E-state index contributed by atoms with van der Waals surface area (Å²) in [6, 6.07) is 1.47. The third kappa shape index (κ3) is 4.28. The average molecular weight is 240 g/mol. The van der Waals surface area contributed by atoms with Gasteiger partial charge in [-0.1, -0.05) is 0 Å². The zero-order chi connectivity index (χ0) is 12.8. The number of nitrogens with one attached hydrogen (secondary N) is 2. The molecule has 6 nitrogen and oxygen atoms in total. The Morgan fingerprint density at radius 3 is 2.76 bits per heavy atom. The zero-order valence-electron chi connectivity index (χ0n) is 9.82. The molecule has 0 saturated heterocycles. The molecule has 6 heteroatoms. The fraction of sp³-hybridized carbons (Fsp3) is 0.455. The Balaban J connectivity index is 2.38. The highest BCUT2D eigenvalue weighted by Crippen LogP contribution is 2.09. The number of carbonyl (C=O) groups is 2. The van der Waals surface area contributed by atoms with Crippen molar-refractivity contribution in [3.8, 4) is 0 Å². The van der Waals surface area contributed by atoms with Crippen LogP contribution < -0.4 is 10.6 Å². The Hall–Kier alpha value is -1.82. The molecule has 0 aliphatic carbocycles. The molecule has 0 aliphatic heterocycles. The first-order chi connectivity index (χ1) is 8.00. The van der Waals surface area contributed by atoms with Crippen molar-refractivity contribution in [3.63, 3.8) is 0 Å². The lowest BCUT2D eigenvalue weighted by Crippen LogP contribution is -2.37. The summed E-state index contributed by atoms with van der Waals surface area (Å²) < 4.78 is 5.01. The van der Waals surface area contributed by atoms with E-state index in [4.69, 9.17) is 9.52 Å². The van der Waals surface area contributed by atoms with Crippen LogP contribution in [-0.2, 0) is 11.3 Å². The minimum atomic E-state index is -1.04. The van der Waals surface area contributed by atoms with Crippen LogP contribution in [0.4, 0.5) is 0 Å². The first-order valence-corrected chi connectivity index (χ1v) is 5.30. The molecule has 0 unspecified atom stereocenters. The number of carboxylic acid groups (broad SMARTS) is 1. The Kier molecular flexibility index (Phi) is 4.71. The number of hydrogen-bond donors (Lipinski definition) is 3. The highest BCUT2D eigenvalue weighted by Gasteiger charge is 2.13. The molecule has 0 aliphatic rings. The van der Waals surface area contributed by atoms with Crippen LogP contribution >= 0.6 is 0 Å². The molecule has 0 saturated carbocycles. The van der Waals surface area contributed by atoms with Gasteiger partial charge in [-0.2, -0.15) is 0 Å². The van der Waals surface area contributed by atoms with Crippen LogP contribution in [-0.4, -0.2) is 29.6 Å². The minimum Gasteiger partial charge on any atom is -0.478 e. The molecule has 1 aromatic rings. The van der Waals surface area contributed by atoms with Crippen molar-refractivity contribution >= 4 is 11.9 Å². The van der Waals surface area contributed by atoms with Crippen LogP contribution in [0.3, 0.4) is 0 Å². The van der Waals surface area contributed by atoms with Crippen LogP contribution in [0.1, 0.15) is 30.0 Å². The van der Waals surface area contributed by atoms with Gasteiger partial charge in [0.05, 0.1) is 19.4 Å². The molecular weight excluding hydrogens is 224 g/mol. The van der Waals surface area contributed by atoms with Gasteiger partial charge in [0.15, 0.2) is 0 Å². The van der Waals surface area contributed by atoms with Crippen molar-refractivity contribution in [1.82, 2.24) is 10.6 Å². The van der Waals surface area contributed by atoms with Gasteiger partial charge in [0.25, 0.3) is 0 Å². The Morgan fingerprint density at radius 2 is 2.18 bits per heavy atom. The van der Waals surface area contributed by atoms with E-state index >= 15 is 0 Å². The molecule has 17 heavy (non-hydrogen) atoms. The Morgan fingerprint density at radius 1 is 1.47 bits per heavy atom. The van der Waals surface area contributed by atoms with E-state index in [1.165, 1.54) is 12.3 Å². The van der Waals surface area contributed by atoms with Crippen molar-refractivity contribution in [2.24, 2.45) is 0 Å². The molecule has 0 aromatic carbocycles. The van der Waals surface area contributed by atoms with Gasteiger partial charge in [-0.05, 0) is 19.9 Å². The van der Waals surface area contributed by atoms with Crippen LogP contribution in [0.25, 0.3) is 0 Å². The van der Waals surface area contributed by atoms with Gasteiger partial charge in [0, 0.05) is 6.04 Å². The number of rotatable bonds is 6. The van der Waals surface area contributed by atoms with Gasteiger partial charge in [-0.25, -0.2) is 4.79 Å². The minimum absolute atomic E-state index is 0.0856. The molecule has 1 rings (SSSR count). The number of furan rings is 1. The molecule has 1 amide bonds. The third-order valence-electron chi connectivity index (χ3n) is 2.00. The summed E-state index contributed by atoms with van der Waals surface area (Å²) in [7, 11) is 0. The summed E-state index contributed by atoms with van der Waals surface area (Å²) in [5, 5.41) is 14.3. The standard InChI is InChI=1S/C11H16N2O4/c1-7(2)13-10(14)6-12-5-9-8(11(15)16)3-4-17-9/h3-4,7,12H,5-6H2,1-2H3,(H,13,14)(H,15,16). The highest BCUT2D eigenvalue weighted by molar-refractivity contribution is 5.88. The maximum absolute atomic E-state index is 11.3. The Labute approximate surface area is 99.0 Å². The summed E-state index contributed by atoms with van der Waals surface area (Å²) in [4.78, 5) is 22.0. The van der Waals surface area contributed by atoms with Gasteiger partial charge < -0.3 is 20.2 Å². The van der Waals surface area contributed by atoms with E-state index in [1.54, 1.807) is 0 Å². The number of hydrogen-bond acceptors (Lipinski definition) is 4. The predicted octanol–water partition coefficient (Wildman–Crippen LogP) is 0.592. The van der Waals surface area contributed by atoms with Crippen molar-refractivity contribution in [2.45, 2.75) is 26.4 Å². The molecule has 0 atom stereocenters. The molecular formula is C11H16N2O4. The maximum Gasteiger partial charge on any atom is 0.339 e. The summed E-state index contributed by atoms with van der Waals surface area (Å²) >= 11 is 0. The normalized spacial score (nSPS) is 10.5. The number of amides is 1. The lowest BCUT2D eigenvalue weighted by atomic mass is 10.2. The van der Waals surface area contributed by atoms with E-state index in [2.05, 4.69) is 10.6 Å². The van der Waals surface area contributed by atoms with Crippen molar-refractivity contribution in [3.05, 3.63) is 23.7 Å². The lowest BCUT2D eigenvalue weighted by molar-refractivity contribution is -0.120. The second kappa shape index (κ2) is 6.05. The fourth-order valence-electron chi connectivity index (χ4n) is 1.33. The fourth-order valence-corrected chi connectivity index (χ4v) is 1.33. The SMILES string of the molecule is CC(C)NC(=O)CNCc1occc1C(=O)O. The molecule has 1 aromatic heterocycles. The highest BCUT2D eigenvalue weighted by atomic mass is 16.4. The summed E-state index contributed by atoms with van der Waals surface area (Å²) in [6.07, 6.45) is 1.31. The number of carboxylic acids is 1. The van der Waals surface area contributed by atoms with E-state index in [1.807, 2.05) is 13.8 Å². The quantitative estimate of drug-likeness (QED) is 0.677. The lowest BCUT2D eigenvalue weighted by Gasteiger charge is -2.08. The number of aromatic carboxylic acids is 1. The predicted molar refractivity (Wildman–Crippen MR) is 60.7 cm³/mol. The van der Waals surface area contributed by atoms with E-state index in [9.17, 15) is 9.59 Å². The third-order valence-corrected chi connectivity index (χ3v) is 2.00. The van der Waals surface area contributed by atoms with E-state index in [-0.39, 0.29) is 30.6 Å². The van der Waals surface area contributed by atoms with Crippen LogP contribution in [0.5, 0.6) is 0 Å². The molecule has 0 fully saturated rings. The summed E-state index contributed by atoms with van der Waals surface area (Å²) in [5.74, 6) is -0.861. The largest absolute Gasteiger partial charge is 0.478 e. The first-order valence-electron chi connectivity index (χ1n) is 5.30. The van der Waals surface area contributed by atoms with E-state index < -0.39 is 5.97 Å². The second-order valence-corrected chi connectivity index (χ2v) is 3.89. The first kappa shape index (κ1) is 13.2. The van der Waals surface area contributed by atoms with Crippen LogP contribution in [0.2, 0.25) is 0 Å². The van der Waals surface area contributed by atoms with Crippen molar-refractivity contribution in [1.29, 1.82) is 0 Å². The van der Waals surface area contributed by atoms with Crippen molar-refractivity contribution in [2.75, 3.05) is 6.54 Å². The van der Waals surface area contributed by atoms with E-state index in [0.29, 0.717) is 5.76 Å². The summed E-state index contributed by atoms with van der Waals surface area (Å²) in [5.41, 5.74) is 0.113. The Bertz CT molecular complexity index is 398. The smallest absolute Gasteiger partial charge is 0.339 e. The van der Waals surface area contributed by atoms with Crippen LogP contribution in [0, 0.1) is 0 Å². The topological polar surface area (TPSA) is 91.6 Å². The van der Waals surface area contributed by atoms with Crippen molar-refractivity contribution < 1.29 is 19.1 Å². The molecule has 94 valence electrons. The molecule has 0 spiro atoms. The summed E-state index contributed by atoms with van der Waals surface area (Å²) in [6.45, 7) is 4.07. The maximum atomic E-state index is 11.3. The number of carbonyl (C=O) groups excluding carboxylic acids is 1. The zero-order valence-corrected chi connectivity index (χ0v) is 9.82. The van der Waals surface area contributed by atoms with Crippen LogP contribution in [0.15, 0.2) is 16.7 Å². The molecule has 3 N–H and O–H groups in total. The average Bonchev–Trinajstić information content (AvgIpc) is 2.64. The molecule has 0 radical (unpaired) electrons. The van der Waals surface area contributed by atoms with Gasteiger partial charge in [0.1, 0.15) is 11.3 Å². The second-order valence-electron chi connectivity index (χ2n) is 3.89. The van der Waals surface area contributed by atoms with E-state index in [0.717, 1.165) is 0 Å². The monoisotopic (exact) mass is 240 g/mol. The van der Waals surface area contributed by atoms with Gasteiger partial charge in [-0.3, -0.25) is 4.79 Å².